The van der Waals surface area contributed by atoms with Crippen LogP contribution in [0.1, 0.15) is 406 Å². The number of ether oxygens (including phenoxy) is 3. The van der Waals surface area contributed by atoms with Crippen LogP contribution in [0.3, 0.4) is 0 Å². The Balaban J connectivity index is 4.30. The Labute approximate surface area is 506 Å². The molecule has 0 amide bonds. The number of esters is 3. The Bertz CT molecular complexity index is 1350. The molecule has 0 heterocycles. The second-order valence-electron chi connectivity index (χ2n) is 24.9. The molecule has 0 saturated heterocycles. The highest BCUT2D eigenvalue weighted by Crippen LogP contribution is 2.19. The van der Waals surface area contributed by atoms with Crippen LogP contribution in [0.15, 0.2) is 36.5 Å². The van der Waals surface area contributed by atoms with Crippen LogP contribution >= 0.6 is 0 Å². The summed E-state index contributed by atoms with van der Waals surface area (Å²) >= 11 is 0. The number of carbonyl (C=O) groups is 3. The van der Waals surface area contributed by atoms with Gasteiger partial charge in [0.1, 0.15) is 13.2 Å². The van der Waals surface area contributed by atoms with Crippen molar-refractivity contribution in [1.82, 2.24) is 0 Å². The van der Waals surface area contributed by atoms with Gasteiger partial charge in [-0.05, 0) is 77.0 Å². The molecule has 0 aromatic carbocycles. The van der Waals surface area contributed by atoms with Crippen LogP contribution in [-0.4, -0.2) is 37.2 Å². The minimum absolute atomic E-state index is 0.0696. The van der Waals surface area contributed by atoms with Crippen LogP contribution in [0.25, 0.3) is 0 Å². The molecule has 81 heavy (non-hydrogen) atoms. The molecule has 0 spiro atoms. The molecule has 0 fully saturated rings. The summed E-state index contributed by atoms with van der Waals surface area (Å²) in [6, 6.07) is 0. The number of carbonyl (C=O) groups excluding carboxylic acids is 3. The van der Waals surface area contributed by atoms with E-state index in [-0.39, 0.29) is 31.1 Å². The maximum absolute atomic E-state index is 13.0. The van der Waals surface area contributed by atoms with E-state index in [1.165, 1.54) is 302 Å². The van der Waals surface area contributed by atoms with Crippen molar-refractivity contribution in [2.24, 2.45) is 0 Å². The van der Waals surface area contributed by atoms with Gasteiger partial charge in [-0.3, -0.25) is 14.4 Å². The molecule has 6 heteroatoms. The summed E-state index contributed by atoms with van der Waals surface area (Å²) in [5.41, 5.74) is 0. The van der Waals surface area contributed by atoms with Crippen molar-refractivity contribution in [2.75, 3.05) is 13.2 Å². The fourth-order valence-corrected chi connectivity index (χ4v) is 11.1. The number of hydrogen-bond donors (Lipinski definition) is 0. The Hall–Kier alpha value is -2.37. The molecular formula is C75H140O6. The normalized spacial score (nSPS) is 12.2. The van der Waals surface area contributed by atoms with E-state index in [9.17, 15) is 14.4 Å². The van der Waals surface area contributed by atoms with E-state index >= 15 is 0 Å². The van der Waals surface area contributed by atoms with Crippen molar-refractivity contribution in [3.63, 3.8) is 0 Å². The van der Waals surface area contributed by atoms with Gasteiger partial charge in [0.15, 0.2) is 6.10 Å². The van der Waals surface area contributed by atoms with Gasteiger partial charge >= 0.3 is 17.9 Å². The third kappa shape index (κ3) is 68.3. The molecule has 0 aromatic rings. The van der Waals surface area contributed by atoms with Gasteiger partial charge in [-0.15, -0.1) is 0 Å². The quantitative estimate of drug-likeness (QED) is 0.0261. The molecule has 1 unspecified atom stereocenters. The van der Waals surface area contributed by atoms with Crippen molar-refractivity contribution in [2.45, 2.75) is 412 Å². The highest BCUT2D eigenvalue weighted by atomic mass is 16.6. The molecule has 0 aliphatic rings. The van der Waals surface area contributed by atoms with Crippen LogP contribution < -0.4 is 0 Å². The van der Waals surface area contributed by atoms with Crippen molar-refractivity contribution < 1.29 is 28.6 Å². The van der Waals surface area contributed by atoms with E-state index in [0.29, 0.717) is 19.3 Å². The highest BCUT2D eigenvalue weighted by molar-refractivity contribution is 5.71. The van der Waals surface area contributed by atoms with Crippen molar-refractivity contribution >= 4 is 17.9 Å². The zero-order valence-electron chi connectivity index (χ0n) is 54.8. The summed E-state index contributed by atoms with van der Waals surface area (Å²) in [5.74, 6) is -0.844. The molecule has 0 aliphatic carbocycles. The predicted octanol–water partition coefficient (Wildman–Crippen LogP) is 25.1. The van der Waals surface area contributed by atoms with E-state index in [2.05, 4.69) is 57.2 Å². The van der Waals surface area contributed by atoms with Crippen LogP contribution in [0.5, 0.6) is 0 Å². The molecule has 0 aromatic heterocycles. The summed E-state index contributed by atoms with van der Waals surface area (Å²) in [4.78, 5) is 38.5. The first kappa shape index (κ1) is 78.6. The van der Waals surface area contributed by atoms with Gasteiger partial charge < -0.3 is 14.2 Å². The first-order valence-corrected chi connectivity index (χ1v) is 36.5. The zero-order chi connectivity index (χ0) is 58.5. The SMILES string of the molecule is CCCCCCC/C=C\C/C=C\CCCCCCCCCCCCCC(=O)OCC(COC(=O)CCCCCCCCC/C=C\CCCCCCCC)OC(=O)CCCCCCCCCCCCCCCCCCCCCCCCC. The lowest BCUT2D eigenvalue weighted by atomic mass is 10.0. The molecule has 0 rings (SSSR count). The fraction of sp³-hybridized carbons (Fsp3) is 0.880. The van der Waals surface area contributed by atoms with Crippen LogP contribution in [-0.2, 0) is 28.6 Å². The van der Waals surface area contributed by atoms with Gasteiger partial charge in [-0.2, -0.15) is 0 Å². The topological polar surface area (TPSA) is 78.9 Å². The number of hydrogen-bond acceptors (Lipinski definition) is 6. The first-order chi connectivity index (χ1) is 40.0. The van der Waals surface area contributed by atoms with Gasteiger partial charge in [0.2, 0.25) is 0 Å². The standard InChI is InChI=1S/C75H140O6/c1-4-7-10-13-16-19-22-25-28-31-33-35-37-39-41-44-47-50-53-56-59-62-65-68-74(77)80-71-72(70-79-73(76)67-64-61-58-55-52-49-46-43-30-27-24-21-18-15-12-9-6-3)81-75(78)69-66-63-60-57-54-51-48-45-42-40-38-36-34-32-29-26-23-20-17-14-11-8-5-2/h22,25,27,30-31,33,72H,4-21,23-24,26,28-29,32,34-71H2,1-3H3/b25-22-,30-27-,33-31-. The zero-order valence-corrected chi connectivity index (χ0v) is 54.8. The maximum atomic E-state index is 13.0. The summed E-state index contributed by atoms with van der Waals surface area (Å²) in [6.45, 7) is 6.70. The van der Waals surface area contributed by atoms with E-state index in [0.717, 1.165) is 64.2 Å². The second-order valence-corrected chi connectivity index (χ2v) is 24.9. The third-order valence-electron chi connectivity index (χ3n) is 16.6. The molecule has 476 valence electrons. The van der Waals surface area contributed by atoms with Crippen molar-refractivity contribution in [3.05, 3.63) is 36.5 Å². The molecule has 6 nitrogen and oxygen atoms in total. The maximum Gasteiger partial charge on any atom is 0.306 e. The Kier molecular flexibility index (Phi) is 68.1. The molecule has 0 N–H and O–H groups in total. The molecule has 0 saturated carbocycles. The summed E-state index contributed by atoms with van der Waals surface area (Å²) in [6.07, 6.45) is 87.4. The highest BCUT2D eigenvalue weighted by Gasteiger charge is 2.19. The first-order valence-electron chi connectivity index (χ1n) is 36.5. The minimum atomic E-state index is -0.774. The molecular weight excluding hydrogens is 997 g/mol. The smallest absolute Gasteiger partial charge is 0.306 e. The number of unbranched alkanes of at least 4 members (excludes halogenated alkanes) is 51. The van der Waals surface area contributed by atoms with E-state index in [1.54, 1.807) is 0 Å². The van der Waals surface area contributed by atoms with Gasteiger partial charge in [-0.25, -0.2) is 0 Å². The Morgan fingerprint density at radius 1 is 0.247 bits per heavy atom. The summed E-state index contributed by atoms with van der Waals surface area (Å²) in [7, 11) is 0. The molecule has 0 bridgehead atoms. The fourth-order valence-electron chi connectivity index (χ4n) is 11.1. The number of rotatable bonds is 68. The van der Waals surface area contributed by atoms with Crippen molar-refractivity contribution in [1.29, 1.82) is 0 Å². The third-order valence-corrected chi connectivity index (χ3v) is 16.6. The minimum Gasteiger partial charge on any atom is -0.462 e. The van der Waals surface area contributed by atoms with E-state index < -0.39 is 6.10 Å². The van der Waals surface area contributed by atoms with Gasteiger partial charge in [-0.1, -0.05) is 346 Å². The Morgan fingerprint density at radius 3 is 0.691 bits per heavy atom. The van der Waals surface area contributed by atoms with E-state index in [4.69, 9.17) is 14.2 Å². The molecule has 0 aliphatic heterocycles. The number of allylic oxidation sites excluding steroid dienone is 6. The van der Waals surface area contributed by atoms with Crippen LogP contribution in [0.2, 0.25) is 0 Å². The molecule has 0 radical (unpaired) electrons. The average molecular weight is 1140 g/mol. The van der Waals surface area contributed by atoms with Gasteiger partial charge in [0.05, 0.1) is 0 Å². The molecule has 1 atom stereocenters. The van der Waals surface area contributed by atoms with Crippen LogP contribution in [0.4, 0.5) is 0 Å². The lowest BCUT2D eigenvalue weighted by Crippen LogP contribution is -2.30. The lowest BCUT2D eigenvalue weighted by molar-refractivity contribution is -0.167. The summed E-state index contributed by atoms with van der Waals surface area (Å²) in [5, 5.41) is 0. The average Bonchev–Trinajstić information content (AvgIpc) is 3.47. The van der Waals surface area contributed by atoms with Crippen molar-refractivity contribution in [3.8, 4) is 0 Å². The largest absolute Gasteiger partial charge is 0.462 e. The summed E-state index contributed by atoms with van der Waals surface area (Å²) < 4.78 is 17.0. The van der Waals surface area contributed by atoms with Gasteiger partial charge in [0, 0.05) is 19.3 Å². The van der Waals surface area contributed by atoms with Crippen LogP contribution in [0, 0.1) is 0 Å². The predicted molar refractivity (Wildman–Crippen MR) is 353 cm³/mol. The lowest BCUT2D eigenvalue weighted by Gasteiger charge is -2.18. The Morgan fingerprint density at radius 2 is 0.444 bits per heavy atom. The van der Waals surface area contributed by atoms with Gasteiger partial charge in [0.25, 0.3) is 0 Å². The second kappa shape index (κ2) is 70.1. The monoisotopic (exact) mass is 1140 g/mol. The van der Waals surface area contributed by atoms with E-state index in [1.807, 2.05) is 0 Å².